The zero-order chi connectivity index (χ0) is 24.6. The zero-order valence-electron chi connectivity index (χ0n) is 21.7. The molecule has 0 aromatic heterocycles. The molecule has 0 radical (unpaired) electrons. The number of hydrogen-bond acceptors (Lipinski definition) is 6. The molecule has 35 heavy (non-hydrogen) atoms. The fourth-order valence-electron chi connectivity index (χ4n) is 9.75. The van der Waals surface area contributed by atoms with E-state index < -0.39 is 5.60 Å². The summed E-state index contributed by atoms with van der Waals surface area (Å²) in [5.41, 5.74) is 0.537. The summed E-state index contributed by atoms with van der Waals surface area (Å²) in [7, 11) is 0. The van der Waals surface area contributed by atoms with Gasteiger partial charge in [-0.3, -0.25) is 0 Å². The van der Waals surface area contributed by atoms with Crippen molar-refractivity contribution < 1.29 is 29.2 Å². The van der Waals surface area contributed by atoms with E-state index in [9.17, 15) is 15.0 Å². The van der Waals surface area contributed by atoms with Crippen LogP contribution in [-0.4, -0.2) is 53.0 Å². The second-order valence-electron chi connectivity index (χ2n) is 13.2. The Labute approximate surface area is 209 Å². The van der Waals surface area contributed by atoms with Gasteiger partial charge in [-0.25, -0.2) is 4.79 Å². The number of esters is 1. The fraction of sp³-hybridized carbons (Fsp3) is 0.897. The van der Waals surface area contributed by atoms with Crippen molar-refractivity contribution in [1.82, 2.24) is 0 Å². The number of hydrogen-bond donors (Lipinski definition) is 2. The van der Waals surface area contributed by atoms with Crippen LogP contribution in [0.25, 0.3) is 0 Å². The molecule has 0 amide bonds. The number of aliphatic hydroxyl groups excluding tert-OH is 1. The first-order valence-corrected chi connectivity index (χ1v) is 14.2. The van der Waals surface area contributed by atoms with Crippen molar-refractivity contribution in [3.05, 3.63) is 11.6 Å². The standard InChI is InChI=1S/C29H44O6/c1-17-24(30)6-7-26(34-17)35-20-8-11-27(2)19(15-20)4-5-23-22(27)9-12-28(3)21(10-13-29(23,28)32)18-14-25(31)33-16-18/h14,17,19-24,26,30,32H,4-13,15-16H2,1-3H3/t17-,19-,20+,21-,22+,23-,24-,26-,27+,28-,29+/m1/s1. The molecule has 0 aromatic carbocycles. The molecular weight excluding hydrogens is 444 g/mol. The maximum Gasteiger partial charge on any atom is 0.331 e. The Balaban J connectivity index is 1.16. The summed E-state index contributed by atoms with van der Waals surface area (Å²) >= 11 is 0. The van der Waals surface area contributed by atoms with Crippen molar-refractivity contribution in [1.29, 1.82) is 0 Å². The highest BCUT2D eigenvalue weighted by molar-refractivity contribution is 5.85. The highest BCUT2D eigenvalue weighted by atomic mass is 16.7. The average Bonchev–Trinajstić information content (AvgIpc) is 3.36. The molecule has 2 heterocycles. The summed E-state index contributed by atoms with van der Waals surface area (Å²) < 4.78 is 17.6. The molecule has 196 valence electrons. The first-order chi connectivity index (χ1) is 16.6. The third kappa shape index (κ3) is 3.68. The molecule has 2 aliphatic heterocycles. The smallest absolute Gasteiger partial charge is 0.331 e. The second-order valence-corrected chi connectivity index (χ2v) is 13.2. The lowest BCUT2D eigenvalue weighted by atomic mass is 9.43. The van der Waals surface area contributed by atoms with Gasteiger partial charge in [-0.15, -0.1) is 0 Å². The molecule has 11 atom stereocenters. The Bertz CT molecular complexity index is 886. The van der Waals surface area contributed by atoms with Crippen molar-refractivity contribution in [2.45, 2.75) is 122 Å². The maximum atomic E-state index is 12.4. The number of ether oxygens (including phenoxy) is 3. The maximum absolute atomic E-state index is 12.4. The lowest BCUT2D eigenvalue weighted by Gasteiger charge is -2.63. The molecule has 4 saturated carbocycles. The van der Waals surface area contributed by atoms with E-state index in [0.717, 1.165) is 69.8 Å². The monoisotopic (exact) mass is 488 g/mol. The average molecular weight is 489 g/mol. The van der Waals surface area contributed by atoms with Crippen LogP contribution in [0.5, 0.6) is 0 Å². The number of carbonyl (C=O) groups is 1. The van der Waals surface area contributed by atoms with Gasteiger partial charge >= 0.3 is 5.97 Å². The minimum absolute atomic E-state index is 0.157. The summed E-state index contributed by atoms with van der Waals surface area (Å²) in [5.74, 6) is 1.56. The van der Waals surface area contributed by atoms with Gasteiger partial charge in [-0.05, 0) is 106 Å². The third-order valence-corrected chi connectivity index (χ3v) is 11.9. The number of rotatable bonds is 3. The fourth-order valence-corrected chi connectivity index (χ4v) is 9.75. The van der Waals surface area contributed by atoms with E-state index in [4.69, 9.17) is 14.2 Å². The van der Waals surface area contributed by atoms with Crippen LogP contribution < -0.4 is 0 Å². The van der Waals surface area contributed by atoms with Gasteiger partial charge in [0.2, 0.25) is 0 Å². The van der Waals surface area contributed by atoms with Crippen LogP contribution in [0, 0.1) is 34.5 Å². The van der Waals surface area contributed by atoms with Gasteiger partial charge < -0.3 is 24.4 Å². The van der Waals surface area contributed by atoms with Gasteiger partial charge in [0.1, 0.15) is 6.61 Å². The van der Waals surface area contributed by atoms with Crippen LogP contribution in [0.4, 0.5) is 0 Å². The molecule has 0 bridgehead atoms. The Morgan fingerprint density at radius 3 is 2.57 bits per heavy atom. The molecule has 0 unspecified atom stereocenters. The predicted molar refractivity (Wildman–Crippen MR) is 130 cm³/mol. The van der Waals surface area contributed by atoms with E-state index in [2.05, 4.69) is 13.8 Å². The topological polar surface area (TPSA) is 85.2 Å². The van der Waals surface area contributed by atoms with Crippen molar-refractivity contribution in [3.63, 3.8) is 0 Å². The first kappa shape index (κ1) is 24.4. The largest absolute Gasteiger partial charge is 0.458 e. The van der Waals surface area contributed by atoms with Gasteiger partial charge in [-0.1, -0.05) is 13.8 Å². The number of aliphatic hydroxyl groups is 2. The van der Waals surface area contributed by atoms with Gasteiger partial charge in [0, 0.05) is 17.9 Å². The lowest BCUT2D eigenvalue weighted by molar-refractivity contribution is -0.252. The molecule has 0 spiro atoms. The first-order valence-electron chi connectivity index (χ1n) is 14.2. The van der Waals surface area contributed by atoms with Gasteiger partial charge in [-0.2, -0.15) is 0 Å². The van der Waals surface area contributed by atoms with E-state index >= 15 is 0 Å². The van der Waals surface area contributed by atoms with Crippen LogP contribution in [-0.2, 0) is 19.0 Å². The molecule has 6 nitrogen and oxygen atoms in total. The van der Waals surface area contributed by atoms with E-state index in [0.29, 0.717) is 24.4 Å². The highest BCUT2D eigenvalue weighted by Crippen LogP contribution is 2.70. The molecule has 1 saturated heterocycles. The SMILES string of the molecule is C[C@H]1O[C@H](O[C@H]2CC[C@@]3(C)[C@H](CC[C@@H]4[C@@H]3CC[C@]3(C)[C@@H](C5=CC(=O)OC5)CC[C@]43O)C2)CC[C@H]1O. The van der Waals surface area contributed by atoms with E-state index in [1.165, 1.54) is 6.42 Å². The van der Waals surface area contributed by atoms with Crippen molar-refractivity contribution in [2.24, 2.45) is 34.5 Å². The summed E-state index contributed by atoms with van der Waals surface area (Å²) in [6.45, 7) is 7.14. The van der Waals surface area contributed by atoms with Gasteiger partial charge in [0.15, 0.2) is 6.29 Å². The third-order valence-electron chi connectivity index (χ3n) is 11.9. The van der Waals surface area contributed by atoms with Crippen molar-refractivity contribution in [2.75, 3.05) is 6.61 Å². The van der Waals surface area contributed by atoms with Gasteiger partial charge in [0.05, 0.1) is 23.9 Å². The quantitative estimate of drug-likeness (QED) is 0.449. The lowest BCUT2D eigenvalue weighted by Crippen LogP contribution is -2.62. The predicted octanol–water partition coefficient (Wildman–Crippen LogP) is 4.51. The van der Waals surface area contributed by atoms with E-state index in [1.807, 2.05) is 6.92 Å². The number of fused-ring (bicyclic) bond motifs is 5. The second kappa shape index (κ2) is 8.54. The minimum Gasteiger partial charge on any atom is -0.458 e. The van der Waals surface area contributed by atoms with Crippen LogP contribution in [0.2, 0.25) is 0 Å². The Morgan fingerprint density at radius 1 is 1.00 bits per heavy atom. The van der Waals surface area contributed by atoms with Crippen molar-refractivity contribution in [3.8, 4) is 0 Å². The van der Waals surface area contributed by atoms with Gasteiger partial charge in [0.25, 0.3) is 0 Å². The molecule has 2 N–H and O–H groups in total. The van der Waals surface area contributed by atoms with Crippen molar-refractivity contribution >= 4 is 5.97 Å². The molecule has 6 heteroatoms. The highest BCUT2D eigenvalue weighted by Gasteiger charge is 2.67. The molecule has 5 fully saturated rings. The summed E-state index contributed by atoms with van der Waals surface area (Å²) in [6, 6.07) is 0. The zero-order valence-corrected chi connectivity index (χ0v) is 21.7. The van der Waals surface area contributed by atoms with Crippen LogP contribution in [0.3, 0.4) is 0 Å². The number of carbonyl (C=O) groups excluding carboxylic acids is 1. The summed E-state index contributed by atoms with van der Waals surface area (Å²) in [6.07, 6.45) is 12.3. The number of cyclic esters (lactones) is 1. The Morgan fingerprint density at radius 2 is 1.83 bits per heavy atom. The Kier molecular flexibility index (Phi) is 5.95. The van der Waals surface area contributed by atoms with Crippen LogP contribution >= 0.6 is 0 Å². The van der Waals surface area contributed by atoms with Crippen LogP contribution in [0.1, 0.15) is 91.4 Å². The normalized spacial score (nSPS) is 53.9. The summed E-state index contributed by atoms with van der Waals surface area (Å²) in [4.78, 5) is 11.8. The molecule has 6 rings (SSSR count). The Hall–Kier alpha value is -0.950. The molecular formula is C29H44O6. The van der Waals surface area contributed by atoms with E-state index in [-0.39, 0.29) is 47.3 Å². The van der Waals surface area contributed by atoms with Crippen LogP contribution in [0.15, 0.2) is 11.6 Å². The molecule has 4 aliphatic carbocycles. The molecule has 6 aliphatic rings. The minimum atomic E-state index is -0.651. The summed E-state index contributed by atoms with van der Waals surface area (Å²) in [5, 5.41) is 22.3. The molecule has 0 aromatic rings. The van der Waals surface area contributed by atoms with E-state index in [1.54, 1.807) is 6.08 Å².